The number of ether oxygens (including phenoxy) is 1. The molecule has 2 atom stereocenters. The van der Waals surface area contributed by atoms with Crippen LogP contribution in [-0.2, 0) is 9.53 Å². The molecule has 0 aromatic carbocycles. The lowest BCUT2D eigenvalue weighted by Crippen LogP contribution is -2.67. The maximum absolute atomic E-state index is 11.1. The summed E-state index contributed by atoms with van der Waals surface area (Å²) in [6, 6.07) is 0.0781. The molecule has 1 rings (SSSR count). The summed E-state index contributed by atoms with van der Waals surface area (Å²) in [5, 5.41) is 0. The maximum atomic E-state index is 11.1. The lowest BCUT2D eigenvalue weighted by atomic mass is 9.98. The van der Waals surface area contributed by atoms with E-state index in [1.54, 1.807) is 12.0 Å². The molecule has 0 saturated carbocycles. The van der Waals surface area contributed by atoms with Gasteiger partial charge in [-0.1, -0.05) is 6.58 Å². The van der Waals surface area contributed by atoms with Crippen LogP contribution in [0.2, 0.25) is 0 Å². The molecule has 1 fully saturated rings. The molecular weight excluding hydrogens is 156 g/mol. The smallest absolute Gasteiger partial charge is 0.246 e. The van der Waals surface area contributed by atoms with Crippen LogP contribution < -0.4 is 5.73 Å². The molecule has 1 aliphatic heterocycles. The lowest BCUT2D eigenvalue weighted by molar-refractivity contribution is -0.137. The molecule has 68 valence electrons. The molecule has 0 unspecified atom stereocenters. The molecular formula is C8H14N2O2. The van der Waals surface area contributed by atoms with Crippen LogP contribution in [0.3, 0.4) is 0 Å². The summed E-state index contributed by atoms with van der Waals surface area (Å²) in [5.74, 6) is -0.0706. The highest BCUT2D eigenvalue weighted by atomic mass is 16.5. The van der Waals surface area contributed by atoms with Crippen molar-refractivity contribution in [3.8, 4) is 0 Å². The number of carbonyl (C=O) groups excluding carboxylic acids is 1. The van der Waals surface area contributed by atoms with Gasteiger partial charge in [0.2, 0.25) is 5.91 Å². The normalized spacial score (nSPS) is 28.0. The van der Waals surface area contributed by atoms with E-state index in [1.807, 2.05) is 0 Å². The average Bonchev–Trinajstić information content (AvgIpc) is 2.09. The molecule has 0 aromatic rings. The van der Waals surface area contributed by atoms with E-state index in [9.17, 15) is 4.79 Å². The highest BCUT2D eigenvalue weighted by molar-refractivity contribution is 5.88. The van der Waals surface area contributed by atoms with Gasteiger partial charge in [-0.2, -0.15) is 0 Å². The third-order valence-corrected chi connectivity index (χ3v) is 2.10. The highest BCUT2D eigenvalue weighted by Crippen LogP contribution is 2.16. The van der Waals surface area contributed by atoms with Crippen LogP contribution >= 0.6 is 0 Å². The van der Waals surface area contributed by atoms with E-state index in [0.717, 1.165) is 0 Å². The van der Waals surface area contributed by atoms with Crippen molar-refractivity contribution >= 4 is 5.91 Å². The standard InChI is InChI=1S/C8H14N2O2/c1-3-8(11)10-4-6(9)7(10)5-12-2/h3,6-7H,1,4-5,9H2,2H3/t6-,7+/m1/s1. The Morgan fingerprint density at radius 3 is 3.00 bits per heavy atom. The Hall–Kier alpha value is -0.870. The minimum absolute atomic E-state index is 0.0282. The topological polar surface area (TPSA) is 55.6 Å². The van der Waals surface area contributed by atoms with Gasteiger partial charge in [-0.3, -0.25) is 4.79 Å². The minimum atomic E-state index is -0.0706. The summed E-state index contributed by atoms with van der Waals surface area (Å²) in [7, 11) is 1.60. The fourth-order valence-corrected chi connectivity index (χ4v) is 1.33. The van der Waals surface area contributed by atoms with Crippen LogP contribution in [0, 0.1) is 0 Å². The largest absolute Gasteiger partial charge is 0.382 e. The summed E-state index contributed by atoms with van der Waals surface area (Å²) >= 11 is 0. The van der Waals surface area contributed by atoms with Crippen molar-refractivity contribution in [2.75, 3.05) is 20.3 Å². The molecule has 1 aliphatic rings. The van der Waals surface area contributed by atoms with Crippen LogP contribution in [-0.4, -0.2) is 43.2 Å². The Balaban J connectivity index is 2.47. The van der Waals surface area contributed by atoms with Gasteiger partial charge in [-0.25, -0.2) is 0 Å². The van der Waals surface area contributed by atoms with Crippen LogP contribution in [0.5, 0.6) is 0 Å². The quantitative estimate of drug-likeness (QED) is 0.573. The number of nitrogens with two attached hydrogens (primary N) is 1. The second kappa shape index (κ2) is 3.69. The average molecular weight is 170 g/mol. The van der Waals surface area contributed by atoms with E-state index >= 15 is 0 Å². The first-order valence-corrected chi connectivity index (χ1v) is 3.88. The molecule has 0 spiro atoms. The lowest BCUT2D eigenvalue weighted by Gasteiger charge is -2.45. The summed E-state index contributed by atoms with van der Waals surface area (Å²) in [4.78, 5) is 12.8. The maximum Gasteiger partial charge on any atom is 0.246 e. The molecule has 2 N–H and O–H groups in total. The second-order valence-corrected chi connectivity index (χ2v) is 2.88. The third kappa shape index (κ3) is 1.49. The fourth-order valence-electron chi connectivity index (χ4n) is 1.33. The Morgan fingerprint density at radius 1 is 1.92 bits per heavy atom. The predicted molar refractivity (Wildman–Crippen MR) is 45.5 cm³/mol. The number of rotatable bonds is 3. The Labute approximate surface area is 72.0 Å². The van der Waals surface area contributed by atoms with Gasteiger partial charge in [0, 0.05) is 19.7 Å². The number of nitrogens with zero attached hydrogens (tertiary/aromatic N) is 1. The van der Waals surface area contributed by atoms with Crippen molar-refractivity contribution in [1.82, 2.24) is 4.90 Å². The Morgan fingerprint density at radius 2 is 2.58 bits per heavy atom. The van der Waals surface area contributed by atoms with Crippen molar-refractivity contribution in [2.45, 2.75) is 12.1 Å². The van der Waals surface area contributed by atoms with E-state index in [4.69, 9.17) is 10.5 Å². The summed E-state index contributed by atoms with van der Waals surface area (Å²) in [5.41, 5.74) is 5.68. The van der Waals surface area contributed by atoms with Crippen molar-refractivity contribution in [3.63, 3.8) is 0 Å². The van der Waals surface area contributed by atoms with Crippen molar-refractivity contribution < 1.29 is 9.53 Å². The number of carbonyl (C=O) groups is 1. The first kappa shape index (κ1) is 9.22. The SMILES string of the molecule is C=CC(=O)N1C[C@@H](N)[C@@H]1COC. The molecule has 12 heavy (non-hydrogen) atoms. The van der Waals surface area contributed by atoms with Crippen LogP contribution in [0.4, 0.5) is 0 Å². The zero-order valence-electron chi connectivity index (χ0n) is 7.19. The highest BCUT2D eigenvalue weighted by Gasteiger charge is 2.38. The van der Waals surface area contributed by atoms with Crippen molar-refractivity contribution in [1.29, 1.82) is 0 Å². The molecule has 4 heteroatoms. The van der Waals surface area contributed by atoms with Gasteiger partial charge in [-0.15, -0.1) is 0 Å². The van der Waals surface area contributed by atoms with Crippen molar-refractivity contribution in [2.24, 2.45) is 5.73 Å². The fraction of sp³-hybridized carbons (Fsp3) is 0.625. The number of likely N-dealkylation sites (tertiary alicyclic amines) is 1. The summed E-state index contributed by atoms with van der Waals surface area (Å²) in [6.45, 7) is 4.52. The Bertz CT molecular complexity index is 193. The zero-order chi connectivity index (χ0) is 9.14. The van der Waals surface area contributed by atoms with Gasteiger partial charge in [0.25, 0.3) is 0 Å². The van der Waals surface area contributed by atoms with Gasteiger partial charge in [-0.05, 0) is 6.08 Å². The second-order valence-electron chi connectivity index (χ2n) is 2.88. The number of amides is 1. The molecule has 1 amide bonds. The first-order valence-electron chi connectivity index (χ1n) is 3.88. The zero-order valence-corrected chi connectivity index (χ0v) is 7.19. The van der Waals surface area contributed by atoms with E-state index in [0.29, 0.717) is 13.2 Å². The van der Waals surface area contributed by atoms with E-state index in [1.165, 1.54) is 6.08 Å². The van der Waals surface area contributed by atoms with Crippen LogP contribution in [0.1, 0.15) is 0 Å². The molecule has 4 nitrogen and oxygen atoms in total. The third-order valence-electron chi connectivity index (χ3n) is 2.10. The summed E-state index contributed by atoms with van der Waals surface area (Å²) in [6.07, 6.45) is 1.30. The van der Waals surface area contributed by atoms with Crippen LogP contribution in [0.25, 0.3) is 0 Å². The molecule has 0 radical (unpaired) electrons. The molecule has 1 saturated heterocycles. The molecule has 1 heterocycles. The summed E-state index contributed by atoms with van der Waals surface area (Å²) < 4.78 is 4.93. The van der Waals surface area contributed by atoms with Crippen LogP contribution in [0.15, 0.2) is 12.7 Å². The number of hydrogen-bond donors (Lipinski definition) is 1. The van der Waals surface area contributed by atoms with Gasteiger partial charge in [0.1, 0.15) is 0 Å². The number of methoxy groups -OCH3 is 1. The minimum Gasteiger partial charge on any atom is -0.382 e. The van der Waals surface area contributed by atoms with E-state index in [2.05, 4.69) is 6.58 Å². The van der Waals surface area contributed by atoms with Crippen molar-refractivity contribution in [3.05, 3.63) is 12.7 Å². The Kier molecular flexibility index (Phi) is 2.83. The molecule has 0 bridgehead atoms. The van der Waals surface area contributed by atoms with Gasteiger partial charge in [0.05, 0.1) is 12.6 Å². The van der Waals surface area contributed by atoms with Gasteiger partial charge >= 0.3 is 0 Å². The van der Waals surface area contributed by atoms with Gasteiger partial charge < -0.3 is 15.4 Å². The van der Waals surface area contributed by atoms with E-state index in [-0.39, 0.29) is 18.0 Å². The van der Waals surface area contributed by atoms with Gasteiger partial charge in [0.15, 0.2) is 0 Å². The number of hydrogen-bond acceptors (Lipinski definition) is 3. The monoisotopic (exact) mass is 170 g/mol. The molecule has 0 aliphatic carbocycles. The molecule has 0 aromatic heterocycles. The first-order chi connectivity index (χ1) is 5.70. The predicted octanol–water partition coefficient (Wildman–Crippen LogP) is -0.643. The van der Waals surface area contributed by atoms with E-state index < -0.39 is 0 Å².